The molecule has 1 amide bonds. The number of carbonyl (C=O) groups is 1. The summed E-state index contributed by atoms with van der Waals surface area (Å²) in [5.41, 5.74) is 9.86. The molecule has 8 nitrogen and oxygen atoms in total. The van der Waals surface area contributed by atoms with Gasteiger partial charge in [-0.3, -0.25) is 4.98 Å². The number of benzene rings is 1. The first-order valence-corrected chi connectivity index (χ1v) is 12.8. The second-order valence-corrected chi connectivity index (χ2v) is 10.0. The number of methoxy groups -OCH3 is 1. The number of nitrogens with one attached hydrogen (secondary N) is 1. The van der Waals surface area contributed by atoms with Crippen LogP contribution in [-0.4, -0.2) is 51.3 Å². The molecule has 1 fully saturated rings. The predicted octanol–water partition coefficient (Wildman–Crippen LogP) is 5.46. The van der Waals surface area contributed by atoms with Gasteiger partial charge in [-0.25, -0.2) is 9.78 Å². The number of H-pyrrole nitrogens is 1. The lowest BCUT2D eigenvalue weighted by Gasteiger charge is -2.35. The van der Waals surface area contributed by atoms with Gasteiger partial charge in [0.25, 0.3) is 0 Å². The normalized spacial score (nSPS) is 17.4. The minimum atomic E-state index is -0.848. The number of likely N-dealkylation sites (tertiary alicyclic amines) is 1. The average Bonchev–Trinajstić information content (AvgIpc) is 3.55. The molecule has 2 aliphatic heterocycles. The molecule has 8 heteroatoms. The Hall–Kier alpha value is -3.91. The third-order valence-corrected chi connectivity index (χ3v) is 7.76. The lowest BCUT2D eigenvalue weighted by molar-refractivity contribution is 0.140. The fraction of sp³-hybridized carbons (Fsp3) is 0.345. The summed E-state index contributed by atoms with van der Waals surface area (Å²) in [5.74, 6) is 0. The molecule has 1 aromatic carbocycles. The van der Waals surface area contributed by atoms with E-state index in [9.17, 15) is 9.90 Å². The maximum absolute atomic E-state index is 12.1. The summed E-state index contributed by atoms with van der Waals surface area (Å²) < 4.78 is 5.28. The van der Waals surface area contributed by atoms with Crippen molar-refractivity contribution in [2.24, 2.45) is 0 Å². The Balaban J connectivity index is 1.44. The minimum Gasteiger partial charge on any atom is -0.465 e. The first-order valence-electron chi connectivity index (χ1n) is 12.8. The molecule has 6 rings (SSSR count). The first-order chi connectivity index (χ1) is 18.0. The number of hydrogen-bond acceptors (Lipinski definition) is 5. The van der Waals surface area contributed by atoms with Crippen LogP contribution in [0.3, 0.4) is 0 Å². The van der Waals surface area contributed by atoms with E-state index in [2.05, 4.69) is 51.0 Å². The third kappa shape index (κ3) is 4.31. The highest BCUT2D eigenvalue weighted by Crippen LogP contribution is 2.40. The van der Waals surface area contributed by atoms with Crippen molar-refractivity contribution in [2.45, 2.75) is 45.4 Å². The number of aromatic nitrogens is 3. The molecule has 5 heterocycles. The van der Waals surface area contributed by atoms with E-state index in [1.165, 1.54) is 11.1 Å². The van der Waals surface area contributed by atoms with Crippen LogP contribution < -0.4 is 4.90 Å². The number of ether oxygens (including phenoxy) is 1. The molecule has 37 heavy (non-hydrogen) atoms. The zero-order chi connectivity index (χ0) is 25.5. The molecule has 0 saturated carbocycles. The number of nitrogens with zero attached hydrogens (tertiary/aromatic N) is 4. The van der Waals surface area contributed by atoms with Gasteiger partial charge in [-0.2, -0.15) is 0 Å². The van der Waals surface area contributed by atoms with Crippen molar-refractivity contribution in [3.05, 3.63) is 76.9 Å². The van der Waals surface area contributed by atoms with Crippen LogP contribution in [0, 0.1) is 6.92 Å². The van der Waals surface area contributed by atoms with Gasteiger partial charge in [0.05, 0.1) is 18.3 Å². The topological polar surface area (TPSA) is 94.6 Å². The number of anilines is 1. The van der Waals surface area contributed by atoms with Gasteiger partial charge in [0.15, 0.2) is 0 Å². The quantitative estimate of drug-likeness (QED) is 0.380. The summed E-state index contributed by atoms with van der Waals surface area (Å²) in [6, 6.07) is 10.7. The molecule has 0 spiro atoms. The van der Waals surface area contributed by atoms with Crippen LogP contribution in [0.2, 0.25) is 0 Å². The Labute approximate surface area is 215 Å². The molecule has 1 unspecified atom stereocenters. The largest absolute Gasteiger partial charge is 0.465 e. The molecule has 1 atom stereocenters. The molecule has 0 bridgehead atoms. The number of amides is 1. The zero-order valence-corrected chi connectivity index (χ0v) is 21.2. The fourth-order valence-electron chi connectivity index (χ4n) is 5.88. The highest BCUT2D eigenvalue weighted by atomic mass is 16.5. The summed E-state index contributed by atoms with van der Waals surface area (Å²) in [6.07, 6.45) is 7.48. The van der Waals surface area contributed by atoms with E-state index in [4.69, 9.17) is 4.74 Å². The van der Waals surface area contributed by atoms with E-state index in [-0.39, 0.29) is 6.04 Å². The Kier molecular flexibility index (Phi) is 6.04. The number of aryl methyl sites for hydroxylation is 1. The van der Waals surface area contributed by atoms with Gasteiger partial charge in [-0.15, -0.1) is 0 Å². The molecular weight excluding hydrogens is 466 g/mol. The summed E-state index contributed by atoms with van der Waals surface area (Å²) >= 11 is 0. The van der Waals surface area contributed by atoms with Gasteiger partial charge in [-0.05, 0) is 78.3 Å². The second kappa shape index (κ2) is 9.52. The maximum Gasteiger partial charge on any atom is 0.407 e. The number of carboxylic acid groups (broad SMARTS) is 1. The number of fused-ring (bicyclic) bond motifs is 2. The highest BCUT2D eigenvalue weighted by Gasteiger charge is 2.33. The Bertz CT molecular complexity index is 1480. The van der Waals surface area contributed by atoms with Crippen LogP contribution in [0.25, 0.3) is 22.2 Å². The average molecular weight is 498 g/mol. The molecule has 3 aromatic heterocycles. The second-order valence-electron chi connectivity index (χ2n) is 10.0. The van der Waals surface area contributed by atoms with Crippen molar-refractivity contribution in [1.82, 2.24) is 19.9 Å². The van der Waals surface area contributed by atoms with Gasteiger partial charge >= 0.3 is 6.09 Å². The van der Waals surface area contributed by atoms with Gasteiger partial charge < -0.3 is 24.6 Å². The number of pyridine rings is 2. The van der Waals surface area contributed by atoms with E-state index < -0.39 is 6.09 Å². The molecule has 190 valence electrons. The van der Waals surface area contributed by atoms with Gasteiger partial charge in [0, 0.05) is 62.0 Å². The van der Waals surface area contributed by atoms with Crippen molar-refractivity contribution < 1.29 is 14.6 Å². The van der Waals surface area contributed by atoms with Crippen LogP contribution in [-0.2, 0) is 24.3 Å². The molecular formula is C29H31N5O3. The Morgan fingerprint density at radius 1 is 1.19 bits per heavy atom. The minimum absolute atomic E-state index is 0.140. The van der Waals surface area contributed by atoms with E-state index in [0.717, 1.165) is 77.0 Å². The van der Waals surface area contributed by atoms with E-state index >= 15 is 0 Å². The lowest BCUT2D eigenvalue weighted by Crippen LogP contribution is -2.34. The summed E-state index contributed by atoms with van der Waals surface area (Å²) in [5, 5.41) is 11.1. The number of aromatic amines is 1. The molecule has 2 N–H and O–H groups in total. The molecule has 1 saturated heterocycles. The third-order valence-electron chi connectivity index (χ3n) is 7.76. The molecule has 4 aromatic rings. The summed E-state index contributed by atoms with van der Waals surface area (Å²) in [6.45, 7) is 4.75. The predicted molar refractivity (Wildman–Crippen MR) is 143 cm³/mol. The summed E-state index contributed by atoms with van der Waals surface area (Å²) in [7, 11) is 1.68. The van der Waals surface area contributed by atoms with Crippen LogP contribution in [0.1, 0.15) is 46.8 Å². The number of rotatable bonds is 5. The highest BCUT2D eigenvalue weighted by molar-refractivity contribution is 5.84. The van der Waals surface area contributed by atoms with Crippen LogP contribution in [0.5, 0.6) is 0 Å². The smallest absolute Gasteiger partial charge is 0.407 e. The van der Waals surface area contributed by atoms with Crippen molar-refractivity contribution >= 4 is 22.8 Å². The number of hydrogen-bond donors (Lipinski definition) is 2. The van der Waals surface area contributed by atoms with Crippen molar-refractivity contribution in [1.29, 1.82) is 0 Å². The van der Waals surface area contributed by atoms with Crippen LogP contribution in [0.15, 0.2) is 48.9 Å². The van der Waals surface area contributed by atoms with Crippen molar-refractivity contribution in [3.63, 3.8) is 0 Å². The zero-order valence-electron chi connectivity index (χ0n) is 21.2. The van der Waals surface area contributed by atoms with Crippen LogP contribution >= 0.6 is 0 Å². The fourth-order valence-corrected chi connectivity index (χ4v) is 5.88. The molecule has 0 radical (unpaired) electrons. The van der Waals surface area contributed by atoms with Gasteiger partial charge in [0.2, 0.25) is 0 Å². The Morgan fingerprint density at radius 2 is 2.08 bits per heavy atom. The maximum atomic E-state index is 12.1. The summed E-state index contributed by atoms with van der Waals surface area (Å²) in [4.78, 5) is 28.4. The Morgan fingerprint density at radius 3 is 2.92 bits per heavy atom. The first kappa shape index (κ1) is 23.5. The van der Waals surface area contributed by atoms with Crippen molar-refractivity contribution in [3.8, 4) is 11.1 Å². The van der Waals surface area contributed by atoms with Crippen LogP contribution in [0.4, 0.5) is 10.5 Å². The van der Waals surface area contributed by atoms with E-state index in [1.807, 2.05) is 24.7 Å². The van der Waals surface area contributed by atoms with E-state index in [0.29, 0.717) is 13.2 Å². The monoisotopic (exact) mass is 497 g/mol. The van der Waals surface area contributed by atoms with Gasteiger partial charge in [-0.1, -0.05) is 6.07 Å². The standard InChI is InChI=1S/C29H31N5O3/c1-18-14-31-28-24(18)12-21(15-32-28)20-10-19-6-9-33(23-5-7-30-22(13-23)17-37-2)16-26(19)25(11-20)27-4-3-8-34(27)29(35)36/h5,7,10-15,27H,3-4,6,8-9,16-17H2,1-2H3,(H,31,32)(H,35,36). The van der Waals surface area contributed by atoms with Crippen molar-refractivity contribution in [2.75, 3.05) is 25.1 Å². The van der Waals surface area contributed by atoms with Gasteiger partial charge in [0.1, 0.15) is 5.65 Å². The molecule has 2 aliphatic rings. The lowest BCUT2D eigenvalue weighted by atomic mass is 9.86. The SMILES string of the molecule is COCc1cc(N2CCc3cc(-c4cnc5[nH]cc(C)c5c4)cc(C4CCCN4C(=O)O)c3C2)ccn1. The molecule has 0 aliphatic carbocycles. The van der Waals surface area contributed by atoms with E-state index in [1.54, 1.807) is 12.0 Å².